The van der Waals surface area contributed by atoms with Crippen molar-refractivity contribution < 1.29 is 4.79 Å². The fraction of sp³-hybridized carbons (Fsp3) is 0.333. The summed E-state index contributed by atoms with van der Waals surface area (Å²) in [6, 6.07) is 15.7. The Hall–Kier alpha value is -2.33. The van der Waals surface area contributed by atoms with Gasteiger partial charge in [0.1, 0.15) is 5.82 Å². The minimum absolute atomic E-state index is 0.103. The smallest absolute Gasteiger partial charge is 0.227 e. The first kappa shape index (κ1) is 17.1. The van der Waals surface area contributed by atoms with Crippen LogP contribution in [0.25, 0.3) is 11.0 Å². The van der Waals surface area contributed by atoms with Gasteiger partial charge in [0, 0.05) is 36.1 Å². The molecule has 3 aromatic rings. The highest BCUT2D eigenvalue weighted by Crippen LogP contribution is 2.34. The number of fused-ring (bicyclic) bond motifs is 1. The summed E-state index contributed by atoms with van der Waals surface area (Å²) < 4.78 is 2.30. The van der Waals surface area contributed by atoms with Crippen molar-refractivity contribution in [2.45, 2.75) is 38.6 Å². The van der Waals surface area contributed by atoms with Crippen LogP contribution in [0.2, 0.25) is 5.02 Å². The summed E-state index contributed by atoms with van der Waals surface area (Å²) in [6.45, 7) is 3.78. The molecule has 2 aromatic carbocycles. The lowest BCUT2D eigenvalue weighted by atomic mass is 10.1. The van der Waals surface area contributed by atoms with E-state index in [2.05, 4.69) is 17.6 Å². The molecule has 1 aliphatic heterocycles. The zero-order chi connectivity index (χ0) is 18.1. The molecule has 0 unspecified atom stereocenters. The largest absolute Gasteiger partial charge is 0.328 e. The van der Waals surface area contributed by atoms with Crippen LogP contribution in [-0.4, -0.2) is 22.0 Å². The number of imidazole rings is 1. The number of hydrogen-bond donors (Lipinski definition) is 0. The van der Waals surface area contributed by atoms with Gasteiger partial charge >= 0.3 is 0 Å². The van der Waals surface area contributed by atoms with Crippen LogP contribution in [0, 0.1) is 0 Å². The molecule has 0 aliphatic carbocycles. The first-order valence-electron chi connectivity index (χ1n) is 9.18. The monoisotopic (exact) mass is 367 g/mol. The van der Waals surface area contributed by atoms with Crippen LogP contribution in [0.3, 0.4) is 0 Å². The van der Waals surface area contributed by atoms with Crippen LogP contribution in [0.4, 0.5) is 5.69 Å². The summed E-state index contributed by atoms with van der Waals surface area (Å²) in [7, 11) is 0. The van der Waals surface area contributed by atoms with Crippen molar-refractivity contribution in [3.05, 3.63) is 59.4 Å². The van der Waals surface area contributed by atoms with Gasteiger partial charge in [-0.25, -0.2) is 4.98 Å². The molecule has 0 radical (unpaired) electrons. The molecule has 1 amide bonds. The quantitative estimate of drug-likeness (QED) is 0.635. The Morgan fingerprint density at radius 3 is 2.85 bits per heavy atom. The van der Waals surface area contributed by atoms with Gasteiger partial charge in [-0.2, -0.15) is 0 Å². The molecule has 26 heavy (non-hydrogen) atoms. The maximum atomic E-state index is 12.7. The summed E-state index contributed by atoms with van der Waals surface area (Å²) in [5.41, 5.74) is 3.03. The number of benzene rings is 2. The fourth-order valence-corrected chi connectivity index (χ4v) is 3.92. The Labute approximate surface area is 158 Å². The molecule has 0 N–H and O–H groups in total. The van der Waals surface area contributed by atoms with Crippen LogP contribution in [0.5, 0.6) is 0 Å². The van der Waals surface area contributed by atoms with Crippen molar-refractivity contribution >= 4 is 34.2 Å². The second-order valence-corrected chi connectivity index (χ2v) is 7.29. The van der Waals surface area contributed by atoms with E-state index in [-0.39, 0.29) is 11.8 Å². The predicted octanol–water partition coefficient (Wildman–Crippen LogP) is 5.01. The van der Waals surface area contributed by atoms with E-state index in [9.17, 15) is 4.79 Å². The summed E-state index contributed by atoms with van der Waals surface area (Å²) >= 11 is 6.11. The van der Waals surface area contributed by atoms with Gasteiger partial charge in [-0.15, -0.1) is 0 Å². The minimum atomic E-state index is 0.103. The SMILES string of the molecule is CCCCn1c([C@H]2CC(=O)N(c3cccc(Cl)c3)C2)nc2ccccc21. The minimum Gasteiger partial charge on any atom is -0.328 e. The number of halogens is 1. The number of para-hydroxylation sites is 2. The molecular formula is C21H22ClN3O. The second-order valence-electron chi connectivity index (χ2n) is 6.85. The van der Waals surface area contributed by atoms with Crippen LogP contribution >= 0.6 is 11.6 Å². The van der Waals surface area contributed by atoms with E-state index in [1.54, 1.807) is 0 Å². The molecule has 5 heteroatoms. The van der Waals surface area contributed by atoms with E-state index in [0.717, 1.165) is 41.9 Å². The van der Waals surface area contributed by atoms with E-state index in [0.29, 0.717) is 18.0 Å². The van der Waals surface area contributed by atoms with Gasteiger partial charge in [0.25, 0.3) is 0 Å². The number of anilines is 1. The van der Waals surface area contributed by atoms with Gasteiger partial charge in [0.05, 0.1) is 11.0 Å². The van der Waals surface area contributed by atoms with Gasteiger partial charge < -0.3 is 9.47 Å². The lowest BCUT2D eigenvalue weighted by Gasteiger charge is -2.17. The van der Waals surface area contributed by atoms with Crippen molar-refractivity contribution in [3.8, 4) is 0 Å². The molecule has 1 aliphatic rings. The lowest BCUT2D eigenvalue weighted by Crippen LogP contribution is -2.24. The third-order valence-electron chi connectivity index (χ3n) is 5.03. The van der Waals surface area contributed by atoms with Crippen molar-refractivity contribution in [2.75, 3.05) is 11.4 Å². The maximum Gasteiger partial charge on any atom is 0.227 e. The number of unbranched alkanes of at least 4 members (excludes halogenated alkanes) is 1. The average molecular weight is 368 g/mol. The van der Waals surface area contributed by atoms with E-state index < -0.39 is 0 Å². The molecule has 2 heterocycles. The number of carbonyl (C=O) groups is 1. The molecule has 4 nitrogen and oxygen atoms in total. The molecule has 0 spiro atoms. The van der Waals surface area contributed by atoms with E-state index in [1.165, 1.54) is 0 Å². The Bertz CT molecular complexity index is 949. The molecule has 0 saturated carbocycles. The topological polar surface area (TPSA) is 38.1 Å². The van der Waals surface area contributed by atoms with Gasteiger partial charge in [0.15, 0.2) is 0 Å². The number of amides is 1. The molecule has 1 saturated heterocycles. The van der Waals surface area contributed by atoms with E-state index in [1.807, 2.05) is 47.4 Å². The summed E-state index contributed by atoms with van der Waals surface area (Å²) in [5.74, 6) is 1.26. The molecule has 0 bridgehead atoms. The Morgan fingerprint density at radius 1 is 1.19 bits per heavy atom. The van der Waals surface area contributed by atoms with Crippen molar-refractivity contribution in [3.63, 3.8) is 0 Å². The van der Waals surface area contributed by atoms with Crippen molar-refractivity contribution in [2.24, 2.45) is 0 Å². The highest BCUT2D eigenvalue weighted by Gasteiger charge is 2.34. The Balaban J connectivity index is 1.68. The molecule has 4 rings (SSSR count). The Morgan fingerprint density at radius 2 is 2.04 bits per heavy atom. The average Bonchev–Trinajstić information content (AvgIpc) is 3.20. The summed E-state index contributed by atoms with van der Waals surface area (Å²) in [6.07, 6.45) is 2.72. The number of hydrogen-bond acceptors (Lipinski definition) is 2. The first-order valence-corrected chi connectivity index (χ1v) is 9.56. The van der Waals surface area contributed by atoms with E-state index in [4.69, 9.17) is 16.6 Å². The number of rotatable bonds is 5. The third kappa shape index (κ3) is 3.10. The zero-order valence-corrected chi connectivity index (χ0v) is 15.6. The van der Waals surface area contributed by atoms with Crippen molar-refractivity contribution in [1.29, 1.82) is 0 Å². The Kier molecular flexibility index (Phi) is 4.68. The van der Waals surface area contributed by atoms with E-state index >= 15 is 0 Å². The van der Waals surface area contributed by atoms with Crippen LogP contribution in [-0.2, 0) is 11.3 Å². The van der Waals surface area contributed by atoms with Crippen LogP contribution in [0.1, 0.15) is 37.9 Å². The number of aromatic nitrogens is 2. The molecule has 134 valence electrons. The predicted molar refractivity (Wildman–Crippen MR) is 106 cm³/mol. The maximum absolute atomic E-state index is 12.7. The van der Waals surface area contributed by atoms with Crippen molar-refractivity contribution in [1.82, 2.24) is 9.55 Å². The third-order valence-corrected chi connectivity index (χ3v) is 5.26. The van der Waals surface area contributed by atoms with Crippen LogP contribution in [0.15, 0.2) is 48.5 Å². The standard InChI is InChI=1S/C21H22ClN3O/c1-2-3-11-24-19-10-5-4-9-18(19)23-21(24)15-12-20(26)25(14-15)17-8-6-7-16(22)13-17/h4-10,13,15H,2-3,11-12,14H2,1H3/t15-/m0/s1. The number of carbonyl (C=O) groups excluding carboxylic acids is 1. The molecule has 1 atom stereocenters. The molecular weight excluding hydrogens is 346 g/mol. The summed E-state index contributed by atoms with van der Waals surface area (Å²) in [5, 5.41) is 0.647. The normalized spacial score (nSPS) is 17.4. The van der Waals surface area contributed by atoms with Crippen LogP contribution < -0.4 is 4.90 Å². The van der Waals surface area contributed by atoms with Gasteiger partial charge in [-0.3, -0.25) is 4.79 Å². The van der Waals surface area contributed by atoms with Gasteiger partial charge in [-0.05, 0) is 36.8 Å². The highest BCUT2D eigenvalue weighted by atomic mass is 35.5. The van der Waals surface area contributed by atoms with Gasteiger partial charge in [0.2, 0.25) is 5.91 Å². The second kappa shape index (κ2) is 7.12. The molecule has 1 aromatic heterocycles. The first-order chi connectivity index (χ1) is 12.7. The number of aryl methyl sites for hydroxylation is 1. The number of nitrogens with zero attached hydrogens (tertiary/aromatic N) is 3. The zero-order valence-electron chi connectivity index (χ0n) is 14.9. The highest BCUT2D eigenvalue weighted by molar-refractivity contribution is 6.30. The summed E-state index contributed by atoms with van der Waals surface area (Å²) in [4.78, 5) is 19.4. The fourth-order valence-electron chi connectivity index (χ4n) is 3.73. The lowest BCUT2D eigenvalue weighted by molar-refractivity contribution is -0.117. The molecule has 1 fully saturated rings. The van der Waals surface area contributed by atoms with Gasteiger partial charge in [-0.1, -0.05) is 43.1 Å².